The molecule has 212 valence electrons. The van der Waals surface area contributed by atoms with Crippen molar-refractivity contribution in [1.82, 2.24) is 20.6 Å². The quantitative estimate of drug-likeness (QED) is 0.217. The van der Waals surface area contributed by atoms with Gasteiger partial charge in [-0.25, -0.2) is 5.06 Å². The summed E-state index contributed by atoms with van der Waals surface area (Å²) in [5.74, 6) is 0.332. The first kappa shape index (κ1) is 29.9. The van der Waals surface area contributed by atoms with Crippen LogP contribution in [0.15, 0.2) is 24.3 Å². The molecule has 0 bridgehead atoms. The van der Waals surface area contributed by atoms with Crippen LogP contribution in [0.4, 0.5) is 0 Å². The van der Waals surface area contributed by atoms with E-state index in [0.717, 1.165) is 50.8 Å². The van der Waals surface area contributed by atoms with Crippen molar-refractivity contribution in [2.75, 3.05) is 26.7 Å². The van der Waals surface area contributed by atoms with E-state index >= 15 is 0 Å². The highest BCUT2D eigenvalue weighted by molar-refractivity contribution is 5.89. The minimum Gasteiger partial charge on any atom is -0.497 e. The van der Waals surface area contributed by atoms with E-state index in [1.807, 2.05) is 49.9 Å². The van der Waals surface area contributed by atoms with E-state index in [-0.39, 0.29) is 18.4 Å². The molecule has 0 unspecified atom stereocenters. The molecule has 1 aliphatic carbocycles. The van der Waals surface area contributed by atoms with E-state index in [1.165, 1.54) is 5.56 Å². The zero-order valence-electron chi connectivity index (χ0n) is 23.4. The second-order valence-electron chi connectivity index (χ2n) is 11.9. The Hall–Kier alpha value is -2.65. The van der Waals surface area contributed by atoms with Crippen LogP contribution < -0.4 is 15.4 Å². The summed E-state index contributed by atoms with van der Waals surface area (Å²) in [6.45, 7) is 7.81. The van der Waals surface area contributed by atoms with Gasteiger partial charge in [0.25, 0.3) is 0 Å². The van der Waals surface area contributed by atoms with Gasteiger partial charge >= 0.3 is 0 Å². The number of ether oxygens (including phenoxy) is 1. The predicted molar refractivity (Wildman–Crippen MR) is 145 cm³/mol. The zero-order valence-corrected chi connectivity index (χ0v) is 23.4. The molecule has 1 heterocycles. The Labute approximate surface area is 227 Å². The van der Waals surface area contributed by atoms with Crippen LogP contribution in [0.1, 0.15) is 71.3 Å². The third kappa shape index (κ3) is 8.70. The van der Waals surface area contributed by atoms with Gasteiger partial charge in [-0.2, -0.15) is 0 Å². The third-order valence-corrected chi connectivity index (χ3v) is 7.95. The predicted octanol–water partition coefficient (Wildman–Crippen LogP) is 3.35. The van der Waals surface area contributed by atoms with Gasteiger partial charge in [-0.1, -0.05) is 58.6 Å². The summed E-state index contributed by atoms with van der Waals surface area (Å²) in [5, 5.41) is 17.0. The molecule has 1 saturated carbocycles. The summed E-state index contributed by atoms with van der Waals surface area (Å²) < 4.78 is 5.22. The molecule has 9 heteroatoms. The van der Waals surface area contributed by atoms with Gasteiger partial charge in [-0.3, -0.25) is 19.6 Å². The van der Waals surface area contributed by atoms with Crippen LogP contribution >= 0.6 is 0 Å². The maximum absolute atomic E-state index is 13.6. The molecule has 1 aromatic rings. The number of rotatable bonds is 12. The van der Waals surface area contributed by atoms with Crippen molar-refractivity contribution in [3.05, 3.63) is 29.8 Å². The van der Waals surface area contributed by atoms with Crippen LogP contribution in [0.25, 0.3) is 0 Å². The molecule has 3 rings (SSSR count). The van der Waals surface area contributed by atoms with Crippen molar-refractivity contribution in [3.8, 4) is 5.75 Å². The van der Waals surface area contributed by atoms with Gasteiger partial charge in [0.2, 0.25) is 18.2 Å². The fourth-order valence-electron chi connectivity index (χ4n) is 5.58. The molecule has 2 fully saturated rings. The lowest BCUT2D eigenvalue weighted by atomic mass is 9.84. The van der Waals surface area contributed by atoms with E-state index in [0.29, 0.717) is 42.9 Å². The third-order valence-electron chi connectivity index (χ3n) is 7.95. The number of nitrogens with zero attached hydrogens (tertiary/aromatic N) is 2. The van der Waals surface area contributed by atoms with E-state index in [2.05, 4.69) is 10.6 Å². The summed E-state index contributed by atoms with van der Waals surface area (Å²) in [4.78, 5) is 39.9. The number of nitrogens with one attached hydrogen (secondary N) is 2. The fraction of sp³-hybridized carbons (Fsp3) is 0.690. The van der Waals surface area contributed by atoms with Crippen molar-refractivity contribution in [2.24, 2.45) is 17.3 Å². The van der Waals surface area contributed by atoms with Crippen molar-refractivity contribution in [2.45, 2.75) is 84.3 Å². The van der Waals surface area contributed by atoms with Gasteiger partial charge in [0.1, 0.15) is 11.8 Å². The van der Waals surface area contributed by atoms with Gasteiger partial charge in [0, 0.05) is 25.7 Å². The molecule has 1 aliphatic heterocycles. The Bertz CT molecular complexity index is 903. The monoisotopic (exact) mass is 530 g/mol. The fourth-order valence-corrected chi connectivity index (χ4v) is 5.58. The van der Waals surface area contributed by atoms with Crippen LogP contribution in [-0.4, -0.2) is 72.2 Å². The Morgan fingerprint density at radius 3 is 2.32 bits per heavy atom. The van der Waals surface area contributed by atoms with Gasteiger partial charge in [0.05, 0.1) is 19.6 Å². The van der Waals surface area contributed by atoms with Crippen molar-refractivity contribution < 1.29 is 24.3 Å². The SMILES string of the molecule is COc1ccc(CNC2CCN(C(=O)[C@@H](NC(=O)[C@H](CC3CCCC3)CN(O)C=O)C(C)(C)C)CC2)cc1. The lowest BCUT2D eigenvalue weighted by Gasteiger charge is -2.39. The number of hydrogen-bond donors (Lipinski definition) is 3. The minimum atomic E-state index is -0.687. The first-order valence-electron chi connectivity index (χ1n) is 14.0. The van der Waals surface area contributed by atoms with Gasteiger partial charge in [0.15, 0.2) is 0 Å². The van der Waals surface area contributed by atoms with E-state index in [9.17, 15) is 19.6 Å². The standard InChI is InChI=1S/C29H46N4O5/c1-29(2,3)26(31-27(35)23(19-33(37)20-34)17-21-7-5-6-8-21)28(36)32-15-13-24(14-16-32)30-18-22-9-11-25(38-4)12-10-22/h9-12,20-21,23-24,26,30,37H,5-8,13-19H2,1-4H3,(H,31,35)/t23-,26-/m1/s1. The average Bonchev–Trinajstić information content (AvgIpc) is 3.42. The maximum atomic E-state index is 13.6. The molecule has 1 saturated heterocycles. The normalized spacial score (nSPS) is 18.6. The second kappa shape index (κ2) is 13.9. The topological polar surface area (TPSA) is 111 Å². The maximum Gasteiger partial charge on any atom is 0.245 e. The van der Waals surface area contributed by atoms with E-state index < -0.39 is 17.4 Å². The molecule has 1 aromatic carbocycles. The Balaban J connectivity index is 1.56. The molecule has 0 radical (unpaired) electrons. The van der Waals surface area contributed by atoms with Crippen LogP contribution in [0.2, 0.25) is 0 Å². The summed E-state index contributed by atoms with van der Waals surface area (Å²) in [5.41, 5.74) is 0.695. The molecule has 3 amide bonds. The smallest absolute Gasteiger partial charge is 0.245 e. The number of hydrogen-bond acceptors (Lipinski definition) is 6. The average molecular weight is 531 g/mol. The number of piperidine rings is 1. The first-order valence-corrected chi connectivity index (χ1v) is 14.0. The highest BCUT2D eigenvalue weighted by atomic mass is 16.5. The number of carbonyl (C=O) groups excluding carboxylic acids is 3. The molecule has 3 N–H and O–H groups in total. The van der Waals surface area contributed by atoms with Crippen molar-refractivity contribution in [3.63, 3.8) is 0 Å². The number of carbonyl (C=O) groups is 3. The van der Waals surface area contributed by atoms with Crippen molar-refractivity contribution >= 4 is 18.2 Å². The first-order chi connectivity index (χ1) is 18.1. The summed E-state index contributed by atoms with van der Waals surface area (Å²) in [7, 11) is 1.66. The van der Waals surface area contributed by atoms with Gasteiger partial charge in [-0.15, -0.1) is 0 Å². The lowest BCUT2D eigenvalue weighted by Crippen LogP contribution is -2.58. The summed E-state index contributed by atoms with van der Waals surface area (Å²) in [6, 6.07) is 7.63. The highest BCUT2D eigenvalue weighted by Gasteiger charge is 2.38. The van der Waals surface area contributed by atoms with Gasteiger partial charge < -0.3 is 20.3 Å². The van der Waals surface area contributed by atoms with E-state index in [4.69, 9.17) is 4.74 Å². The molecule has 38 heavy (non-hydrogen) atoms. The molecule has 0 aromatic heterocycles. The van der Waals surface area contributed by atoms with Crippen LogP contribution in [0.3, 0.4) is 0 Å². The van der Waals surface area contributed by atoms with Crippen LogP contribution in [0.5, 0.6) is 5.75 Å². The Kier molecular flexibility index (Phi) is 11.0. The largest absolute Gasteiger partial charge is 0.497 e. The summed E-state index contributed by atoms with van der Waals surface area (Å²) in [6.07, 6.45) is 7.01. The number of methoxy groups -OCH3 is 1. The minimum absolute atomic E-state index is 0.0673. The molecule has 0 spiro atoms. The molecule has 2 atom stereocenters. The highest BCUT2D eigenvalue weighted by Crippen LogP contribution is 2.31. The molecular weight excluding hydrogens is 484 g/mol. The van der Waals surface area contributed by atoms with Crippen LogP contribution in [-0.2, 0) is 20.9 Å². The molecule has 9 nitrogen and oxygen atoms in total. The molecule has 2 aliphatic rings. The van der Waals surface area contributed by atoms with E-state index in [1.54, 1.807) is 7.11 Å². The lowest BCUT2D eigenvalue weighted by molar-refractivity contribution is -0.156. The van der Waals surface area contributed by atoms with Gasteiger partial charge in [-0.05, 0) is 48.3 Å². The number of likely N-dealkylation sites (tertiary alicyclic amines) is 1. The second-order valence-corrected chi connectivity index (χ2v) is 11.9. The zero-order chi connectivity index (χ0) is 27.7. The number of amides is 3. The molecular formula is C29H46N4O5. The van der Waals surface area contributed by atoms with Crippen molar-refractivity contribution in [1.29, 1.82) is 0 Å². The van der Waals surface area contributed by atoms with Crippen LogP contribution in [0, 0.1) is 17.3 Å². The Morgan fingerprint density at radius 1 is 1.13 bits per heavy atom. The Morgan fingerprint density at radius 2 is 1.76 bits per heavy atom. The summed E-state index contributed by atoms with van der Waals surface area (Å²) >= 11 is 0. The number of hydroxylamine groups is 2. The number of benzene rings is 1.